The Balaban J connectivity index is 0.000000681. The third-order valence-corrected chi connectivity index (χ3v) is 7.44. The molecule has 41 heavy (non-hydrogen) atoms. The van der Waals surface area contributed by atoms with Crippen molar-refractivity contribution in [3.63, 3.8) is 0 Å². The highest BCUT2D eigenvalue weighted by atomic mass is 16.6. The fraction of sp³-hybridized carbons (Fsp3) is 0.471. The number of phenols is 1. The van der Waals surface area contributed by atoms with Crippen molar-refractivity contribution in [2.45, 2.75) is 81.1 Å². The molecule has 2 aromatic carbocycles. The van der Waals surface area contributed by atoms with Crippen LogP contribution in [-0.2, 0) is 14.4 Å². The number of aromatic hydroxyl groups is 1. The number of ether oxygens (including phenoxy) is 2. The molecule has 1 atom stereocenters. The van der Waals surface area contributed by atoms with Gasteiger partial charge in [0.15, 0.2) is 28.8 Å². The standard InChI is InChI=1S/C28H36O7.C6H6/c1-13(2)10-17-20-22(31)16(18(30)11-14(3)4)12-19(34-15(5)29)23(20)35-25-21(17)24(32)27(6,7)26(33)28(25,8)9;1-2-4-6-5-3-1/h12-14,17,31H,10-11H2,1-9H3;1-6H. The number of fused-ring (bicyclic) bond motifs is 1. The average molecular weight is 563 g/mol. The number of benzene rings is 2. The minimum absolute atomic E-state index is 0.0155. The summed E-state index contributed by atoms with van der Waals surface area (Å²) in [7, 11) is 0. The number of Topliss-reactive ketones (excluding diaryl/α,β-unsaturated/α-hetero) is 3. The molecular formula is C34H42O7. The highest BCUT2D eigenvalue weighted by molar-refractivity contribution is 6.20. The summed E-state index contributed by atoms with van der Waals surface area (Å²) in [5.74, 6) is -2.09. The zero-order valence-electron chi connectivity index (χ0n) is 25.6. The Bertz CT molecular complexity index is 1350. The van der Waals surface area contributed by atoms with Crippen molar-refractivity contribution in [3.8, 4) is 17.2 Å². The third kappa shape index (κ3) is 6.29. The SMILES string of the molecule is CC(=O)Oc1cc(C(=O)CC(C)C)c(O)c2c1OC1=C(C(=O)C(C)(C)C(=O)C1(C)C)C2CC(C)C.c1ccccc1. The summed E-state index contributed by atoms with van der Waals surface area (Å²) < 4.78 is 11.7. The van der Waals surface area contributed by atoms with Crippen LogP contribution in [0.5, 0.6) is 17.2 Å². The summed E-state index contributed by atoms with van der Waals surface area (Å²) >= 11 is 0. The number of allylic oxidation sites excluding steroid dienone is 2. The molecule has 220 valence electrons. The molecule has 7 nitrogen and oxygen atoms in total. The second kappa shape index (κ2) is 12.0. The van der Waals surface area contributed by atoms with Gasteiger partial charge in [0, 0.05) is 30.4 Å². The molecule has 4 rings (SSSR count). The van der Waals surface area contributed by atoms with Crippen molar-refractivity contribution in [2.24, 2.45) is 22.7 Å². The second-order valence-electron chi connectivity index (χ2n) is 12.7. The molecule has 2 aliphatic rings. The van der Waals surface area contributed by atoms with Crippen LogP contribution < -0.4 is 9.47 Å². The molecular weight excluding hydrogens is 520 g/mol. The molecule has 0 saturated carbocycles. The van der Waals surface area contributed by atoms with Gasteiger partial charge in [-0.15, -0.1) is 0 Å². The van der Waals surface area contributed by atoms with Crippen LogP contribution >= 0.6 is 0 Å². The molecule has 1 N–H and O–H groups in total. The molecule has 0 amide bonds. The number of ketones is 3. The van der Waals surface area contributed by atoms with Gasteiger partial charge in [-0.05, 0) is 52.0 Å². The zero-order chi connectivity index (χ0) is 30.9. The van der Waals surface area contributed by atoms with Gasteiger partial charge >= 0.3 is 5.97 Å². The van der Waals surface area contributed by atoms with E-state index >= 15 is 0 Å². The number of phenolic OH excluding ortho intramolecular Hbond substituents is 1. The fourth-order valence-corrected chi connectivity index (χ4v) is 5.60. The van der Waals surface area contributed by atoms with Crippen molar-refractivity contribution in [3.05, 3.63) is 64.9 Å². The monoisotopic (exact) mass is 562 g/mol. The van der Waals surface area contributed by atoms with Gasteiger partial charge in [0.05, 0.1) is 16.4 Å². The van der Waals surface area contributed by atoms with E-state index in [0.29, 0.717) is 12.0 Å². The van der Waals surface area contributed by atoms with E-state index in [1.54, 1.807) is 27.7 Å². The van der Waals surface area contributed by atoms with Crippen molar-refractivity contribution in [1.82, 2.24) is 0 Å². The first-order valence-electron chi connectivity index (χ1n) is 14.1. The predicted molar refractivity (Wildman–Crippen MR) is 157 cm³/mol. The van der Waals surface area contributed by atoms with Crippen LogP contribution in [0.2, 0.25) is 0 Å². The minimum Gasteiger partial charge on any atom is -0.507 e. The van der Waals surface area contributed by atoms with E-state index < -0.39 is 22.7 Å². The molecule has 1 unspecified atom stereocenters. The molecule has 7 heteroatoms. The topological polar surface area (TPSA) is 107 Å². The first kappa shape index (κ1) is 31.8. The summed E-state index contributed by atoms with van der Waals surface area (Å²) in [6.07, 6.45) is 0.638. The Kier molecular flexibility index (Phi) is 9.31. The van der Waals surface area contributed by atoms with Gasteiger partial charge in [-0.1, -0.05) is 64.1 Å². The van der Waals surface area contributed by atoms with Crippen LogP contribution in [0.4, 0.5) is 0 Å². The summed E-state index contributed by atoms with van der Waals surface area (Å²) in [5.41, 5.74) is -1.81. The molecule has 0 saturated heterocycles. The maximum absolute atomic E-state index is 13.7. The van der Waals surface area contributed by atoms with Crippen molar-refractivity contribution >= 4 is 23.3 Å². The van der Waals surface area contributed by atoms with Gasteiger partial charge in [0.2, 0.25) is 0 Å². The second-order valence-corrected chi connectivity index (χ2v) is 12.7. The van der Waals surface area contributed by atoms with Crippen LogP contribution in [-0.4, -0.2) is 28.4 Å². The lowest BCUT2D eigenvalue weighted by molar-refractivity contribution is -0.145. The molecule has 0 fully saturated rings. The van der Waals surface area contributed by atoms with Crippen LogP contribution in [0, 0.1) is 22.7 Å². The van der Waals surface area contributed by atoms with Gasteiger partial charge in [-0.2, -0.15) is 0 Å². The maximum Gasteiger partial charge on any atom is 0.308 e. The molecule has 1 aliphatic carbocycles. The Morgan fingerprint density at radius 1 is 0.927 bits per heavy atom. The molecule has 0 aromatic heterocycles. The van der Waals surface area contributed by atoms with Crippen LogP contribution in [0.15, 0.2) is 53.8 Å². The number of hydrogen-bond donors (Lipinski definition) is 1. The number of carbonyl (C=O) groups is 4. The predicted octanol–water partition coefficient (Wildman–Crippen LogP) is 7.21. The van der Waals surface area contributed by atoms with E-state index in [0.717, 1.165) is 0 Å². The number of esters is 1. The van der Waals surface area contributed by atoms with Crippen LogP contribution in [0.25, 0.3) is 0 Å². The Hall–Kier alpha value is -3.74. The summed E-state index contributed by atoms with van der Waals surface area (Å²) in [6.45, 7) is 15.6. The van der Waals surface area contributed by atoms with E-state index in [4.69, 9.17) is 9.47 Å². The zero-order valence-corrected chi connectivity index (χ0v) is 25.6. The van der Waals surface area contributed by atoms with Gasteiger partial charge in [-0.25, -0.2) is 0 Å². The maximum atomic E-state index is 13.7. The first-order chi connectivity index (χ1) is 19.0. The smallest absolute Gasteiger partial charge is 0.308 e. The van der Waals surface area contributed by atoms with E-state index in [1.165, 1.54) is 13.0 Å². The minimum atomic E-state index is -1.28. The van der Waals surface area contributed by atoms with E-state index in [-0.39, 0.29) is 69.7 Å². The van der Waals surface area contributed by atoms with Crippen molar-refractivity contribution in [1.29, 1.82) is 0 Å². The largest absolute Gasteiger partial charge is 0.507 e. The van der Waals surface area contributed by atoms with E-state index in [2.05, 4.69) is 0 Å². The van der Waals surface area contributed by atoms with E-state index in [9.17, 15) is 24.3 Å². The lowest BCUT2D eigenvalue weighted by atomic mass is 9.59. The van der Waals surface area contributed by atoms with Crippen molar-refractivity contribution in [2.75, 3.05) is 0 Å². The molecule has 0 radical (unpaired) electrons. The van der Waals surface area contributed by atoms with Gasteiger partial charge < -0.3 is 14.6 Å². The molecule has 2 aromatic rings. The van der Waals surface area contributed by atoms with Gasteiger partial charge in [0.1, 0.15) is 11.5 Å². The fourth-order valence-electron chi connectivity index (χ4n) is 5.60. The molecule has 0 spiro atoms. The summed E-state index contributed by atoms with van der Waals surface area (Å²) in [6, 6.07) is 13.3. The highest BCUT2D eigenvalue weighted by Crippen LogP contribution is 2.58. The van der Waals surface area contributed by atoms with E-state index in [1.807, 2.05) is 64.1 Å². The molecule has 1 aliphatic heterocycles. The Labute approximate surface area is 242 Å². The normalized spacial score (nSPS) is 18.7. The molecule has 1 heterocycles. The quantitative estimate of drug-likeness (QED) is 0.171. The van der Waals surface area contributed by atoms with Gasteiger partial charge in [0.25, 0.3) is 0 Å². The highest BCUT2D eigenvalue weighted by Gasteiger charge is 2.57. The Morgan fingerprint density at radius 3 is 1.93 bits per heavy atom. The van der Waals surface area contributed by atoms with Crippen molar-refractivity contribution < 1.29 is 33.8 Å². The number of rotatable bonds is 6. The first-order valence-corrected chi connectivity index (χ1v) is 14.1. The average Bonchev–Trinajstić information content (AvgIpc) is 2.88. The van der Waals surface area contributed by atoms with Gasteiger partial charge in [-0.3, -0.25) is 19.2 Å². The summed E-state index contributed by atoms with van der Waals surface area (Å²) in [5, 5.41) is 11.4. The van der Waals surface area contributed by atoms with Crippen LogP contribution in [0.3, 0.4) is 0 Å². The number of carbonyl (C=O) groups excluding carboxylic acids is 4. The third-order valence-electron chi connectivity index (χ3n) is 7.44. The van der Waals surface area contributed by atoms with Crippen LogP contribution in [0.1, 0.15) is 97.0 Å². The lowest BCUT2D eigenvalue weighted by Gasteiger charge is -2.45. The molecule has 0 bridgehead atoms. The number of hydrogen-bond acceptors (Lipinski definition) is 7. The lowest BCUT2D eigenvalue weighted by Crippen LogP contribution is -2.51. The Morgan fingerprint density at radius 2 is 1.46 bits per heavy atom. The summed E-state index contributed by atoms with van der Waals surface area (Å²) in [4.78, 5) is 52.1.